The zero-order chi connectivity index (χ0) is 24.9. The van der Waals surface area contributed by atoms with E-state index >= 15 is 0 Å². The molecule has 3 aliphatic heterocycles. The lowest BCUT2D eigenvalue weighted by Gasteiger charge is -2.41. The van der Waals surface area contributed by atoms with Gasteiger partial charge in [-0.2, -0.15) is 5.10 Å². The molecule has 0 radical (unpaired) electrons. The van der Waals surface area contributed by atoms with Gasteiger partial charge in [0.15, 0.2) is 17.0 Å². The number of halogens is 1. The molecular weight excluding hydrogens is 494 g/mol. The second-order valence-electron chi connectivity index (χ2n) is 10.3. The summed E-state index contributed by atoms with van der Waals surface area (Å²) >= 11 is 0. The molecule has 2 saturated heterocycles. The van der Waals surface area contributed by atoms with Gasteiger partial charge in [-0.1, -0.05) is 12.1 Å². The number of oxime groups is 1. The van der Waals surface area contributed by atoms with Gasteiger partial charge in [0.25, 0.3) is 0 Å². The number of fused-ring (bicyclic) bond motifs is 2. The second kappa shape index (κ2) is 10.0. The maximum atomic E-state index is 6.49. The summed E-state index contributed by atoms with van der Waals surface area (Å²) in [6, 6.07) is 4.10. The highest BCUT2D eigenvalue weighted by molar-refractivity contribution is 5.88. The Morgan fingerprint density at radius 2 is 2.03 bits per heavy atom. The van der Waals surface area contributed by atoms with Crippen LogP contribution in [0.1, 0.15) is 50.4 Å². The van der Waals surface area contributed by atoms with E-state index in [4.69, 9.17) is 30.3 Å². The molecule has 3 atom stereocenters. The quantitative estimate of drug-likeness (QED) is 0.388. The molecule has 6 heterocycles. The Kier molecular flexibility index (Phi) is 6.95. The van der Waals surface area contributed by atoms with Gasteiger partial charge >= 0.3 is 0 Å². The largest absolute Gasteiger partial charge is 0.399 e. The van der Waals surface area contributed by atoms with Gasteiger partial charge < -0.3 is 25.1 Å². The number of rotatable bonds is 4. The molecule has 0 aromatic carbocycles. The molecule has 12 heteroatoms. The Bertz CT molecular complexity index is 1290. The van der Waals surface area contributed by atoms with Crippen molar-refractivity contribution in [2.75, 3.05) is 43.2 Å². The Hall–Kier alpha value is -3.02. The number of nitrogens with zero attached hydrogens (tertiary/aromatic N) is 7. The van der Waals surface area contributed by atoms with Gasteiger partial charge in [0.05, 0.1) is 42.2 Å². The highest BCUT2D eigenvalue weighted by Gasteiger charge is 2.47. The molecule has 3 aromatic rings. The van der Waals surface area contributed by atoms with Crippen LogP contribution in [0.3, 0.4) is 0 Å². The Balaban J connectivity index is 0.00000280. The molecule has 3 aromatic heterocycles. The molecule has 0 saturated carbocycles. The molecule has 0 unspecified atom stereocenters. The number of aromatic amines is 1. The molecule has 0 amide bonds. The summed E-state index contributed by atoms with van der Waals surface area (Å²) < 4.78 is 5.87. The SMILES string of the molecule is CO/N=C/c1ccc2c(n1)[C@@H](C)CCN2c1n[nH]c2nc(N3CCC4(CC3)CO[C@@H](C)[C@H]4N)cnc12.Cl. The molecule has 3 N–H and O–H groups in total. The van der Waals surface area contributed by atoms with Crippen LogP contribution in [-0.2, 0) is 9.57 Å². The van der Waals surface area contributed by atoms with Gasteiger partial charge in [-0.15, -0.1) is 12.4 Å². The number of hydrogen-bond donors (Lipinski definition) is 2. The average Bonchev–Trinajstić information content (AvgIpc) is 3.45. The van der Waals surface area contributed by atoms with Crippen LogP contribution in [0.2, 0.25) is 0 Å². The number of ether oxygens (including phenoxy) is 1. The van der Waals surface area contributed by atoms with Crippen molar-refractivity contribution in [1.82, 2.24) is 25.1 Å². The van der Waals surface area contributed by atoms with Crippen molar-refractivity contribution in [1.29, 1.82) is 0 Å². The van der Waals surface area contributed by atoms with E-state index in [1.54, 1.807) is 6.21 Å². The summed E-state index contributed by atoms with van der Waals surface area (Å²) in [7, 11) is 1.52. The average molecular weight is 528 g/mol. The zero-order valence-electron chi connectivity index (χ0n) is 21.4. The van der Waals surface area contributed by atoms with Crippen molar-refractivity contribution in [3.05, 3.63) is 29.7 Å². The Morgan fingerprint density at radius 1 is 1.22 bits per heavy atom. The van der Waals surface area contributed by atoms with E-state index in [2.05, 4.69) is 45.1 Å². The summed E-state index contributed by atoms with van der Waals surface area (Å²) in [5.41, 5.74) is 10.8. The van der Waals surface area contributed by atoms with E-state index in [0.717, 1.165) is 79.7 Å². The van der Waals surface area contributed by atoms with Crippen LogP contribution in [0.5, 0.6) is 0 Å². The molecule has 6 rings (SSSR count). The van der Waals surface area contributed by atoms with Gasteiger partial charge in [-0.25, -0.2) is 15.0 Å². The first-order valence-electron chi connectivity index (χ1n) is 12.7. The van der Waals surface area contributed by atoms with E-state index in [-0.39, 0.29) is 30.0 Å². The number of aromatic nitrogens is 5. The molecular formula is C25H34ClN9O2. The lowest BCUT2D eigenvalue weighted by Crippen LogP contribution is -2.50. The first-order valence-corrected chi connectivity index (χ1v) is 12.7. The highest BCUT2D eigenvalue weighted by atomic mass is 35.5. The number of pyridine rings is 1. The molecule has 0 bridgehead atoms. The third kappa shape index (κ3) is 4.38. The molecule has 0 aliphatic carbocycles. The molecule has 2 fully saturated rings. The minimum Gasteiger partial charge on any atom is -0.399 e. The number of piperidine rings is 1. The van der Waals surface area contributed by atoms with Crippen molar-refractivity contribution >= 4 is 47.1 Å². The van der Waals surface area contributed by atoms with E-state index in [0.29, 0.717) is 11.6 Å². The fraction of sp³-hybridized carbons (Fsp3) is 0.560. The van der Waals surface area contributed by atoms with Crippen molar-refractivity contribution < 1.29 is 9.57 Å². The predicted molar refractivity (Wildman–Crippen MR) is 145 cm³/mol. The number of nitrogens with one attached hydrogen (secondary N) is 1. The molecule has 1 spiro atoms. The fourth-order valence-electron chi connectivity index (χ4n) is 5.83. The fourth-order valence-corrected chi connectivity index (χ4v) is 5.83. The Morgan fingerprint density at radius 3 is 2.76 bits per heavy atom. The van der Waals surface area contributed by atoms with Gasteiger partial charge in [0, 0.05) is 37.0 Å². The molecule has 37 heavy (non-hydrogen) atoms. The Labute approximate surface area is 222 Å². The summed E-state index contributed by atoms with van der Waals surface area (Å²) in [6.07, 6.45) is 6.57. The number of nitrogens with two attached hydrogens (primary N) is 1. The second-order valence-corrected chi connectivity index (χ2v) is 10.3. The lowest BCUT2D eigenvalue weighted by atomic mass is 9.73. The van der Waals surface area contributed by atoms with Crippen LogP contribution >= 0.6 is 12.4 Å². The highest BCUT2D eigenvalue weighted by Crippen LogP contribution is 2.42. The van der Waals surface area contributed by atoms with Crippen molar-refractivity contribution in [2.24, 2.45) is 16.3 Å². The maximum absolute atomic E-state index is 6.49. The van der Waals surface area contributed by atoms with Gasteiger partial charge in [0.2, 0.25) is 0 Å². The standard InChI is InChI=1S/C25H33N9O2.ClH/c1-15-6-9-34(18-5-4-17(12-28-35-3)29-20(15)18)24-21-23(31-32-24)30-19(13-27-21)33-10-7-25(8-11-33)14-36-16(2)22(25)26;/h4-5,12-13,15-16,22H,6-11,14,26H2,1-3H3,(H,30,31,32);1H/b28-12+;/t15-,16-,22+;/m0./s1. The molecule has 3 aliphatic rings. The first kappa shape index (κ1) is 25.6. The van der Waals surface area contributed by atoms with Crippen molar-refractivity contribution in [3.8, 4) is 0 Å². The monoisotopic (exact) mass is 527 g/mol. The van der Waals surface area contributed by atoms with Crippen LogP contribution in [0.15, 0.2) is 23.5 Å². The summed E-state index contributed by atoms with van der Waals surface area (Å²) in [5.74, 6) is 1.97. The van der Waals surface area contributed by atoms with E-state index in [1.807, 2.05) is 12.3 Å². The van der Waals surface area contributed by atoms with Gasteiger partial charge in [-0.3, -0.25) is 5.10 Å². The zero-order valence-corrected chi connectivity index (χ0v) is 22.2. The molecule has 198 valence electrons. The summed E-state index contributed by atoms with van der Waals surface area (Å²) in [4.78, 5) is 23.8. The van der Waals surface area contributed by atoms with Crippen LogP contribution in [0, 0.1) is 5.41 Å². The third-order valence-corrected chi connectivity index (χ3v) is 8.18. The topological polar surface area (TPSA) is 131 Å². The van der Waals surface area contributed by atoms with E-state index < -0.39 is 0 Å². The molecule has 11 nitrogen and oxygen atoms in total. The van der Waals surface area contributed by atoms with Crippen molar-refractivity contribution in [2.45, 2.75) is 51.2 Å². The maximum Gasteiger partial charge on any atom is 0.183 e. The van der Waals surface area contributed by atoms with Crippen molar-refractivity contribution in [3.63, 3.8) is 0 Å². The lowest BCUT2D eigenvalue weighted by molar-refractivity contribution is 0.0974. The predicted octanol–water partition coefficient (Wildman–Crippen LogP) is 3.13. The van der Waals surface area contributed by atoms with E-state index in [9.17, 15) is 0 Å². The van der Waals surface area contributed by atoms with Crippen LogP contribution < -0.4 is 15.5 Å². The number of hydrogen-bond acceptors (Lipinski definition) is 10. The summed E-state index contributed by atoms with van der Waals surface area (Å²) in [6.45, 7) is 7.64. The smallest absolute Gasteiger partial charge is 0.183 e. The number of H-pyrrole nitrogens is 1. The van der Waals surface area contributed by atoms with Crippen LogP contribution in [0.4, 0.5) is 17.3 Å². The number of anilines is 3. The third-order valence-electron chi connectivity index (χ3n) is 8.18. The van der Waals surface area contributed by atoms with Crippen LogP contribution in [0.25, 0.3) is 11.2 Å². The minimum atomic E-state index is 0. The summed E-state index contributed by atoms with van der Waals surface area (Å²) in [5, 5.41) is 11.6. The van der Waals surface area contributed by atoms with E-state index in [1.165, 1.54) is 7.11 Å². The van der Waals surface area contributed by atoms with Crippen LogP contribution in [-0.4, -0.2) is 76.9 Å². The van der Waals surface area contributed by atoms with Gasteiger partial charge in [0.1, 0.15) is 12.9 Å². The van der Waals surface area contributed by atoms with Gasteiger partial charge in [-0.05, 0) is 38.3 Å². The minimum absolute atomic E-state index is 0. The first-order chi connectivity index (χ1) is 17.5. The normalized spacial score (nSPS) is 25.0.